The van der Waals surface area contributed by atoms with E-state index in [1.54, 1.807) is 30.3 Å². The molecule has 4 rings (SSSR count). The first-order valence-electron chi connectivity index (χ1n) is 10.9. The van der Waals surface area contributed by atoms with Gasteiger partial charge in [0.15, 0.2) is 16.7 Å². The van der Waals surface area contributed by atoms with Crippen molar-refractivity contribution in [2.75, 3.05) is 6.61 Å². The Balaban J connectivity index is 1.48. The molecule has 1 fully saturated rings. The van der Waals surface area contributed by atoms with E-state index in [9.17, 15) is 9.59 Å². The molecule has 0 atom stereocenters. The molecule has 1 N–H and O–H groups in total. The van der Waals surface area contributed by atoms with Crippen LogP contribution >= 0.6 is 11.8 Å². The van der Waals surface area contributed by atoms with E-state index in [-0.39, 0.29) is 11.1 Å². The summed E-state index contributed by atoms with van der Waals surface area (Å²) in [7, 11) is 0. The normalized spacial score (nSPS) is 15.4. The van der Waals surface area contributed by atoms with Gasteiger partial charge in [-0.05, 0) is 67.1 Å². The van der Waals surface area contributed by atoms with Crippen molar-refractivity contribution in [1.82, 2.24) is 5.32 Å². The second kappa shape index (κ2) is 10.9. The summed E-state index contributed by atoms with van der Waals surface area (Å²) in [5.74, 6) is 0.518. The number of amides is 2. The Hall–Kier alpha value is -3.84. The van der Waals surface area contributed by atoms with E-state index in [4.69, 9.17) is 9.47 Å². The molecule has 3 aromatic rings. The molecule has 0 saturated carbocycles. The predicted octanol–water partition coefficient (Wildman–Crippen LogP) is 5.37. The molecule has 1 aliphatic heterocycles. The van der Waals surface area contributed by atoms with Crippen LogP contribution in [0.1, 0.15) is 34.0 Å². The second-order valence-electron chi connectivity index (χ2n) is 7.57. The summed E-state index contributed by atoms with van der Waals surface area (Å²) in [6.07, 6.45) is 1.74. The van der Waals surface area contributed by atoms with E-state index in [0.717, 1.165) is 22.9 Å². The van der Waals surface area contributed by atoms with Gasteiger partial charge in [0, 0.05) is 5.56 Å². The second-order valence-corrected chi connectivity index (χ2v) is 8.60. The van der Waals surface area contributed by atoms with Crippen molar-refractivity contribution in [2.24, 2.45) is 4.99 Å². The van der Waals surface area contributed by atoms with Crippen LogP contribution in [0.3, 0.4) is 0 Å². The SMILES string of the molecule is CCOc1cc(/C=C2\SC(=NC(=O)c3ccccc3)NC2=O)ccc1OCc1ccc(C)cc1. The van der Waals surface area contributed by atoms with E-state index in [2.05, 4.69) is 10.3 Å². The number of carbonyl (C=O) groups is 2. The van der Waals surface area contributed by atoms with Gasteiger partial charge in [0.25, 0.3) is 11.8 Å². The average Bonchev–Trinajstić information content (AvgIpc) is 3.18. The Morgan fingerprint density at radius 1 is 1.00 bits per heavy atom. The van der Waals surface area contributed by atoms with Crippen molar-refractivity contribution in [3.8, 4) is 11.5 Å². The maximum Gasteiger partial charge on any atom is 0.279 e. The zero-order chi connectivity index (χ0) is 23.9. The van der Waals surface area contributed by atoms with Gasteiger partial charge in [-0.3, -0.25) is 9.59 Å². The number of ether oxygens (including phenoxy) is 2. The smallest absolute Gasteiger partial charge is 0.279 e. The zero-order valence-corrected chi connectivity index (χ0v) is 19.7. The monoisotopic (exact) mass is 472 g/mol. The van der Waals surface area contributed by atoms with Crippen molar-refractivity contribution in [3.63, 3.8) is 0 Å². The standard InChI is InChI=1S/C27H24N2O4S/c1-3-32-23-15-20(13-14-22(23)33-17-19-11-9-18(2)10-12-19)16-24-26(31)29-27(34-24)28-25(30)21-7-5-4-6-8-21/h4-16H,3,17H2,1-2H3,(H,28,29,30,31)/b24-16-. The molecular weight excluding hydrogens is 448 g/mol. The van der Waals surface area contributed by atoms with E-state index >= 15 is 0 Å². The Labute approximate surface area is 202 Å². The van der Waals surface area contributed by atoms with Crippen LogP contribution in [-0.2, 0) is 11.4 Å². The summed E-state index contributed by atoms with van der Waals surface area (Å²) in [5, 5.41) is 2.90. The third-order valence-corrected chi connectivity index (χ3v) is 5.86. The third kappa shape index (κ3) is 5.94. The number of nitrogens with one attached hydrogen (secondary N) is 1. The summed E-state index contributed by atoms with van der Waals surface area (Å²) in [5.41, 5.74) is 3.50. The van der Waals surface area contributed by atoms with Crippen LogP contribution in [0.2, 0.25) is 0 Å². The van der Waals surface area contributed by atoms with Crippen molar-refractivity contribution in [1.29, 1.82) is 0 Å². The third-order valence-electron chi connectivity index (χ3n) is 4.96. The van der Waals surface area contributed by atoms with Crippen LogP contribution in [0.4, 0.5) is 0 Å². The largest absolute Gasteiger partial charge is 0.490 e. The van der Waals surface area contributed by atoms with Crippen molar-refractivity contribution < 1.29 is 19.1 Å². The Kier molecular flexibility index (Phi) is 7.44. The fourth-order valence-electron chi connectivity index (χ4n) is 3.22. The molecule has 1 aliphatic rings. The topological polar surface area (TPSA) is 77.0 Å². The highest BCUT2D eigenvalue weighted by Gasteiger charge is 2.25. The van der Waals surface area contributed by atoms with Gasteiger partial charge in [-0.25, -0.2) is 0 Å². The first kappa shape index (κ1) is 23.3. The van der Waals surface area contributed by atoms with E-state index in [1.807, 2.05) is 62.4 Å². The molecule has 0 radical (unpaired) electrons. The van der Waals surface area contributed by atoms with Crippen LogP contribution in [0.5, 0.6) is 11.5 Å². The van der Waals surface area contributed by atoms with Crippen LogP contribution in [0.15, 0.2) is 82.7 Å². The molecule has 1 saturated heterocycles. The van der Waals surface area contributed by atoms with Crippen molar-refractivity contribution in [3.05, 3.63) is 100.0 Å². The number of thioether (sulfide) groups is 1. The number of aliphatic imine (C=N–C) groups is 1. The minimum Gasteiger partial charge on any atom is -0.490 e. The number of carbonyl (C=O) groups excluding carboxylic acids is 2. The number of benzene rings is 3. The van der Waals surface area contributed by atoms with Crippen LogP contribution in [0.25, 0.3) is 6.08 Å². The highest BCUT2D eigenvalue weighted by Crippen LogP contribution is 2.32. The first-order valence-corrected chi connectivity index (χ1v) is 11.7. The first-order chi connectivity index (χ1) is 16.5. The summed E-state index contributed by atoms with van der Waals surface area (Å²) in [4.78, 5) is 29.2. The number of amidine groups is 1. The van der Waals surface area contributed by atoms with Crippen LogP contribution in [-0.4, -0.2) is 23.6 Å². The lowest BCUT2D eigenvalue weighted by Crippen LogP contribution is -2.20. The molecule has 34 heavy (non-hydrogen) atoms. The Morgan fingerprint density at radius 3 is 2.50 bits per heavy atom. The lowest BCUT2D eigenvalue weighted by molar-refractivity contribution is -0.115. The zero-order valence-electron chi connectivity index (χ0n) is 18.9. The molecule has 2 amide bonds. The van der Waals surface area contributed by atoms with Crippen LogP contribution in [0, 0.1) is 6.92 Å². The number of aryl methyl sites for hydroxylation is 1. The van der Waals surface area contributed by atoms with Gasteiger partial charge in [0.05, 0.1) is 11.5 Å². The summed E-state index contributed by atoms with van der Waals surface area (Å²) >= 11 is 1.13. The van der Waals surface area contributed by atoms with Gasteiger partial charge < -0.3 is 14.8 Å². The fourth-order valence-corrected chi connectivity index (χ4v) is 4.04. The molecule has 0 bridgehead atoms. The molecular formula is C27H24N2O4S. The molecule has 0 spiro atoms. The predicted molar refractivity (Wildman–Crippen MR) is 135 cm³/mol. The van der Waals surface area contributed by atoms with Gasteiger partial charge in [-0.1, -0.05) is 54.1 Å². The maximum atomic E-state index is 12.4. The molecule has 0 unspecified atom stereocenters. The lowest BCUT2D eigenvalue weighted by atomic mass is 10.1. The van der Waals surface area contributed by atoms with Gasteiger partial charge in [0.1, 0.15) is 6.61 Å². The van der Waals surface area contributed by atoms with E-state index in [1.165, 1.54) is 5.56 Å². The molecule has 0 aliphatic carbocycles. The molecule has 0 aromatic heterocycles. The highest BCUT2D eigenvalue weighted by molar-refractivity contribution is 8.18. The Bertz CT molecular complexity index is 1250. The summed E-state index contributed by atoms with van der Waals surface area (Å²) in [6, 6.07) is 22.4. The number of rotatable bonds is 7. The maximum absolute atomic E-state index is 12.4. The lowest BCUT2D eigenvalue weighted by Gasteiger charge is -2.13. The van der Waals surface area contributed by atoms with Crippen LogP contribution < -0.4 is 14.8 Å². The molecule has 1 heterocycles. The number of hydrogen-bond acceptors (Lipinski definition) is 5. The van der Waals surface area contributed by atoms with E-state index < -0.39 is 5.91 Å². The van der Waals surface area contributed by atoms with Gasteiger partial charge >= 0.3 is 0 Å². The van der Waals surface area contributed by atoms with Crippen molar-refractivity contribution >= 4 is 34.8 Å². The van der Waals surface area contributed by atoms with E-state index in [0.29, 0.717) is 35.2 Å². The summed E-state index contributed by atoms with van der Waals surface area (Å²) in [6.45, 7) is 4.86. The number of hydrogen-bond donors (Lipinski definition) is 1. The summed E-state index contributed by atoms with van der Waals surface area (Å²) < 4.78 is 11.7. The van der Waals surface area contributed by atoms with Gasteiger partial charge in [-0.2, -0.15) is 4.99 Å². The molecule has 6 nitrogen and oxygen atoms in total. The number of nitrogens with zero attached hydrogens (tertiary/aromatic N) is 1. The molecule has 7 heteroatoms. The quantitative estimate of drug-likeness (QED) is 0.468. The Morgan fingerprint density at radius 2 is 1.76 bits per heavy atom. The fraction of sp³-hybridized carbons (Fsp3) is 0.148. The van der Waals surface area contributed by atoms with Gasteiger partial charge in [0.2, 0.25) is 0 Å². The highest BCUT2D eigenvalue weighted by atomic mass is 32.2. The minimum atomic E-state index is -0.404. The van der Waals surface area contributed by atoms with Crippen molar-refractivity contribution in [2.45, 2.75) is 20.5 Å². The minimum absolute atomic E-state index is 0.258. The van der Waals surface area contributed by atoms with Gasteiger partial charge in [-0.15, -0.1) is 0 Å². The molecule has 3 aromatic carbocycles. The average molecular weight is 473 g/mol. The molecule has 172 valence electrons.